The fraction of sp³-hybridized carbons (Fsp3) is 0.688. The molecule has 1 aliphatic rings. The number of nitrogens with one attached hydrogen (secondary N) is 1. The molecule has 1 aromatic rings. The van der Waals surface area contributed by atoms with Crippen LogP contribution in [0.25, 0.3) is 0 Å². The first-order valence-corrected chi connectivity index (χ1v) is 7.57. The first-order chi connectivity index (χ1) is 9.85. The second-order valence-corrected chi connectivity index (χ2v) is 6.96. The van der Waals surface area contributed by atoms with Crippen molar-refractivity contribution < 1.29 is 4.74 Å². The van der Waals surface area contributed by atoms with Crippen LogP contribution in [0.5, 0.6) is 0 Å². The molecule has 2 rings (SSSR count). The van der Waals surface area contributed by atoms with Crippen LogP contribution in [0, 0.1) is 12.3 Å². The van der Waals surface area contributed by atoms with Crippen molar-refractivity contribution in [2.24, 2.45) is 11.3 Å². The van der Waals surface area contributed by atoms with E-state index in [1.165, 1.54) is 0 Å². The van der Waals surface area contributed by atoms with Crippen LogP contribution in [0.4, 0.5) is 5.82 Å². The van der Waals surface area contributed by atoms with Crippen LogP contribution in [0.15, 0.2) is 12.3 Å². The highest BCUT2D eigenvalue weighted by Crippen LogP contribution is 2.48. The summed E-state index contributed by atoms with van der Waals surface area (Å²) in [6.45, 7) is 6.65. The van der Waals surface area contributed by atoms with Crippen LogP contribution in [0.1, 0.15) is 56.7 Å². The lowest BCUT2D eigenvalue weighted by Gasteiger charge is -2.47. The third-order valence-corrected chi connectivity index (χ3v) is 5.08. The average molecular weight is 292 g/mol. The molecule has 1 saturated carbocycles. The number of nitrogens with two attached hydrogens (primary N) is 2. The van der Waals surface area contributed by atoms with Gasteiger partial charge < -0.3 is 10.5 Å². The second kappa shape index (κ2) is 5.91. The zero-order valence-electron chi connectivity index (χ0n) is 13.6. The molecule has 1 unspecified atom stereocenters. The molecule has 5 heteroatoms. The Morgan fingerprint density at radius 1 is 1.29 bits per heavy atom. The molecule has 1 heterocycles. The minimum absolute atomic E-state index is 0.146. The number of pyridine rings is 1. The third kappa shape index (κ3) is 3.05. The molecule has 0 spiro atoms. The van der Waals surface area contributed by atoms with Crippen molar-refractivity contribution in [2.75, 3.05) is 12.8 Å². The Morgan fingerprint density at radius 2 is 1.90 bits per heavy atom. The summed E-state index contributed by atoms with van der Waals surface area (Å²) in [5.74, 6) is 6.42. The molecule has 0 radical (unpaired) electrons. The van der Waals surface area contributed by atoms with Crippen molar-refractivity contribution in [2.45, 2.75) is 58.1 Å². The van der Waals surface area contributed by atoms with Gasteiger partial charge in [0.25, 0.3) is 0 Å². The Labute approximate surface area is 127 Å². The largest absolute Gasteiger partial charge is 0.383 e. The average Bonchev–Trinajstić information content (AvgIpc) is 2.44. The fourth-order valence-corrected chi connectivity index (χ4v) is 3.43. The molecular formula is C16H28N4O. The van der Waals surface area contributed by atoms with Gasteiger partial charge in [-0.05, 0) is 49.7 Å². The Kier molecular flexibility index (Phi) is 4.56. The van der Waals surface area contributed by atoms with Crippen molar-refractivity contribution in [3.63, 3.8) is 0 Å². The molecule has 0 bridgehead atoms. The van der Waals surface area contributed by atoms with Crippen LogP contribution in [-0.4, -0.2) is 17.7 Å². The van der Waals surface area contributed by atoms with Gasteiger partial charge in [0.15, 0.2) is 0 Å². The number of hydrogen-bond donors (Lipinski definition) is 3. The molecule has 1 aromatic heterocycles. The number of methoxy groups -OCH3 is 1. The highest BCUT2D eigenvalue weighted by molar-refractivity contribution is 5.47. The summed E-state index contributed by atoms with van der Waals surface area (Å²) in [5, 5.41) is 0. The number of nitrogen functional groups attached to an aromatic ring is 1. The monoisotopic (exact) mass is 292 g/mol. The van der Waals surface area contributed by atoms with Gasteiger partial charge in [-0.2, -0.15) is 0 Å². The van der Waals surface area contributed by atoms with E-state index < -0.39 is 0 Å². The summed E-state index contributed by atoms with van der Waals surface area (Å²) in [4.78, 5) is 4.22. The highest BCUT2D eigenvalue weighted by atomic mass is 16.5. The Balaban J connectivity index is 2.39. The number of aromatic nitrogens is 1. The van der Waals surface area contributed by atoms with E-state index in [-0.39, 0.29) is 11.6 Å². The smallest absolute Gasteiger partial charge is 0.128 e. The van der Waals surface area contributed by atoms with Crippen molar-refractivity contribution in [1.82, 2.24) is 10.4 Å². The first-order valence-electron chi connectivity index (χ1n) is 7.57. The van der Waals surface area contributed by atoms with Gasteiger partial charge in [0, 0.05) is 18.9 Å². The number of aryl methyl sites for hydroxylation is 1. The van der Waals surface area contributed by atoms with Crippen molar-refractivity contribution in [1.29, 1.82) is 0 Å². The number of hydrazine groups is 1. The lowest BCUT2D eigenvalue weighted by atomic mass is 9.67. The van der Waals surface area contributed by atoms with Crippen molar-refractivity contribution >= 4 is 5.82 Å². The summed E-state index contributed by atoms with van der Waals surface area (Å²) in [7, 11) is 1.77. The summed E-state index contributed by atoms with van der Waals surface area (Å²) < 4.78 is 5.96. The molecular weight excluding hydrogens is 264 g/mol. The van der Waals surface area contributed by atoms with E-state index >= 15 is 0 Å². The maximum atomic E-state index is 6.11. The molecule has 1 aliphatic carbocycles. The predicted molar refractivity (Wildman–Crippen MR) is 85.4 cm³/mol. The summed E-state index contributed by atoms with van der Waals surface area (Å²) >= 11 is 0. The fourth-order valence-electron chi connectivity index (χ4n) is 3.43. The maximum absolute atomic E-state index is 6.11. The lowest BCUT2D eigenvalue weighted by molar-refractivity contribution is -0.0877. The SMILES string of the molecule is COC1(C(NN)c2c(C)ccnc2N)CCC(C)(C)CC1. The van der Waals surface area contributed by atoms with Gasteiger partial charge >= 0.3 is 0 Å². The molecule has 1 atom stereocenters. The van der Waals surface area contributed by atoms with Crippen molar-refractivity contribution in [3.8, 4) is 0 Å². The molecule has 0 aliphatic heterocycles. The molecule has 1 fully saturated rings. The second-order valence-electron chi connectivity index (χ2n) is 6.96. The van der Waals surface area contributed by atoms with Gasteiger partial charge in [-0.25, -0.2) is 10.4 Å². The maximum Gasteiger partial charge on any atom is 0.128 e. The van der Waals surface area contributed by atoms with Crippen LogP contribution in [0.3, 0.4) is 0 Å². The van der Waals surface area contributed by atoms with Gasteiger partial charge in [0.1, 0.15) is 5.82 Å². The Bertz CT molecular complexity index is 471. The van der Waals surface area contributed by atoms with Crippen LogP contribution in [0.2, 0.25) is 0 Å². The summed E-state index contributed by atoms with van der Waals surface area (Å²) in [6.07, 6.45) is 5.86. The van der Waals surface area contributed by atoms with E-state index in [0.29, 0.717) is 11.2 Å². The normalized spacial score (nSPS) is 22.0. The standard InChI is InChI=1S/C16H28N4O/c1-11-5-10-19-14(17)12(11)13(20-18)16(21-4)8-6-15(2,3)7-9-16/h5,10,13,20H,6-9,18H2,1-4H3,(H2,17,19). The van der Waals surface area contributed by atoms with Crippen LogP contribution in [-0.2, 0) is 4.74 Å². The number of rotatable bonds is 4. The van der Waals surface area contributed by atoms with Gasteiger partial charge in [-0.15, -0.1) is 0 Å². The molecule has 118 valence electrons. The van der Waals surface area contributed by atoms with Crippen LogP contribution >= 0.6 is 0 Å². The van der Waals surface area contributed by atoms with E-state index in [9.17, 15) is 0 Å². The number of hydrogen-bond acceptors (Lipinski definition) is 5. The molecule has 0 amide bonds. The quantitative estimate of drug-likeness (QED) is 0.586. The minimum atomic E-state index is -0.327. The predicted octanol–water partition coefficient (Wildman–Crippen LogP) is 2.46. The first kappa shape index (κ1) is 16.2. The summed E-state index contributed by atoms with van der Waals surface area (Å²) in [5.41, 5.74) is 11.1. The number of anilines is 1. The summed E-state index contributed by atoms with van der Waals surface area (Å²) in [6, 6.07) is 1.82. The van der Waals surface area contributed by atoms with Crippen LogP contribution < -0.4 is 17.0 Å². The van der Waals surface area contributed by atoms with E-state index in [0.717, 1.165) is 36.8 Å². The van der Waals surface area contributed by atoms with E-state index in [2.05, 4.69) is 24.3 Å². The van der Waals surface area contributed by atoms with Gasteiger partial charge in [-0.3, -0.25) is 5.84 Å². The van der Waals surface area contributed by atoms with Crippen molar-refractivity contribution in [3.05, 3.63) is 23.4 Å². The van der Waals surface area contributed by atoms with Gasteiger partial charge in [-0.1, -0.05) is 13.8 Å². The molecule has 5 nitrogen and oxygen atoms in total. The number of ether oxygens (including phenoxy) is 1. The van der Waals surface area contributed by atoms with Gasteiger partial charge in [0.05, 0.1) is 11.6 Å². The Morgan fingerprint density at radius 3 is 2.38 bits per heavy atom. The zero-order chi connectivity index (χ0) is 15.7. The molecule has 21 heavy (non-hydrogen) atoms. The number of nitrogens with zero attached hydrogens (tertiary/aromatic N) is 1. The lowest BCUT2D eigenvalue weighted by Crippen LogP contribution is -2.51. The third-order valence-electron chi connectivity index (χ3n) is 5.08. The molecule has 0 aromatic carbocycles. The zero-order valence-corrected chi connectivity index (χ0v) is 13.6. The topological polar surface area (TPSA) is 86.2 Å². The van der Waals surface area contributed by atoms with E-state index in [1.54, 1.807) is 13.3 Å². The molecule has 5 N–H and O–H groups in total. The van der Waals surface area contributed by atoms with Gasteiger partial charge in [0.2, 0.25) is 0 Å². The van der Waals surface area contributed by atoms with E-state index in [1.807, 2.05) is 13.0 Å². The highest BCUT2D eigenvalue weighted by Gasteiger charge is 2.45. The molecule has 0 saturated heterocycles. The minimum Gasteiger partial charge on any atom is -0.383 e. The van der Waals surface area contributed by atoms with E-state index in [4.69, 9.17) is 16.3 Å². The Hall–Kier alpha value is -1.17.